The number of aromatic nitrogens is 2. The third kappa shape index (κ3) is 9.02. The van der Waals surface area contributed by atoms with Crippen LogP contribution >= 0.6 is 24.0 Å². The van der Waals surface area contributed by atoms with E-state index in [9.17, 15) is 4.79 Å². The van der Waals surface area contributed by atoms with Gasteiger partial charge in [0.1, 0.15) is 6.54 Å². The lowest BCUT2D eigenvalue weighted by Crippen LogP contribution is -2.49. The molecule has 2 aliphatic rings. The van der Waals surface area contributed by atoms with E-state index in [4.69, 9.17) is 4.74 Å². The lowest BCUT2D eigenvalue weighted by Gasteiger charge is -2.33. The molecule has 0 saturated carbocycles. The highest BCUT2D eigenvalue weighted by molar-refractivity contribution is 14.0. The number of carbonyl (C=O) groups is 1. The first kappa shape index (κ1) is 26.5. The van der Waals surface area contributed by atoms with Crippen LogP contribution < -0.4 is 15.5 Å². The molecule has 1 aromatic heterocycles. The summed E-state index contributed by atoms with van der Waals surface area (Å²) in [5.41, 5.74) is 0. The average Bonchev–Trinajstić information content (AvgIpc) is 2.81. The van der Waals surface area contributed by atoms with Crippen LogP contribution in [0.2, 0.25) is 0 Å². The third-order valence-corrected chi connectivity index (χ3v) is 5.59. The van der Waals surface area contributed by atoms with Crippen LogP contribution in [0, 0.1) is 0 Å². The van der Waals surface area contributed by atoms with Crippen molar-refractivity contribution in [2.45, 2.75) is 25.3 Å². The molecule has 0 spiro atoms. The Morgan fingerprint density at radius 1 is 1.19 bits per heavy atom. The van der Waals surface area contributed by atoms with Gasteiger partial charge in [-0.05, 0) is 31.9 Å². The Morgan fingerprint density at radius 3 is 2.53 bits per heavy atom. The molecule has 0 aromatic carbocycles. The molecule has 2 aliphatic heterocycles. The molecule has 1 aromatic rings. The Bertz CT molecular complexity index is 692. The highest BCUT2D eigenvalue weighted by Gasteiger charge is 2.21. The number of aliphatic imine (C=N–C) groups is 1. The molecule has 11 heteroatoms. The van der Waals surface area contributed by atoms with Gasteiger partial charge in [-0.3, -0.25) is 9.69 Å². The van der Waals surface area contributed by atoms with Gasteiger partial charge in [0, 0.05) is 65.3 Å². The van der Waals surface area contributed by atoms with Crippen LogP contribution in [0.15, 0.2) is 23.5 Å². The van der Waals surface area contributed by atoms with Gasteiger partial charge in [-0.2, -0.15) is 0 Å². The molecule has 180 valence electrons. The maximum atomic E-state index is 12.0. The van der Waals surface area contributed by atoms with E-state index in [2.05, 4.69) is 35.4 Å². The largest absolute Gasteiger partial charge is 0.379 e. The Balaban J connectivity index is 0.00000363. The van der Waals surface area contributed by atoms with Crippen LogP contribution in [-0.2, 0) is 9.53 Å². The smallest absolute Gasteiger partial charge is 0.243 e. The summed E-state index contributed by atoms with van der Waals surface area (Å²) in [5, 5.41) is 6.94. The third-order valence-electron chi connectivity index (χ3n) is 5.59. The first-order valence-corrected chi connectivity index (χ1v) is 11.2. The summed E-state index contributed by atoms with van der Waals surface area (Å²) in [6, 6.07) is 2.14. The van der Waals surface area contributed by atoms with Crippen LogP contribution in [0.1, 0.15) is 19.3 Å². The molecule has 2 fully saturated rings. The number of likely N-dealkylation sites (N-methyl/N-ethyl adjacent to an activating group) is 1. The number of hydrogen-bond donors (Lipinski definition) is 2. The topological polar surface area (TPSA) is 98.2 Å². The number of ether oxygens (including phenoxy) is 1. The number of nitrogens with zero attached hydrogens (tertiary/aromatic N) is 6. The van der Waals surface area contributed by atoms with Crippen molar-refractivity contribution in [1.29, 1.82) is 0 Å². The molecule has 2 N–H and O–H groups in total. The number of hydrogen-bond acceptors (Lipinski definition) is 7. The van der Waals surface area contributed by atoms with Gasteiger partial charge < -0.3 is 25.2 Å². The summed E-state index contributed by atoms with van der Waals surface area (Å²) in [7, 11) is 3.50. The second-order valence-electron chi connectivity index (χ2n) is 8.14. The van der Waals surface area contributed by atoms with Crippen molar-refractivity contribution in [3.05, 3.63) is 18.5 Å². The van der Waals surface area contributed by atoms with Crippen molar-refractivity contribution in [1.82, 2.24) is 30.4 Å². The first-order chi connectivity index (χ1) is 15.1. The van der Waals surface area contributed by atoms with E-state index in [0.29, 0.717) is 12.0 Å². The SMILES string of the molecule is CN(C)C(=O)CN=C(NCCCN1CCOCC1)NC1CCN(c2ncccn2)CC1.I. The maximum absolute atomic E-state index is 12.0. The van der Waals surface area contributed by atoms with Gasteiger partial charge >= 0.3 is 0 Å². The van der Waals surface area contributed by atoms with Crippen LogP contribution in [-0.4, -0.2) is 111 Å². The molecule has 0 radical (unpaired) electrons. The molecule has 32 heavy (non-hydrogen) atoms. The van der Waals surface area contributed by atoms with E-state index in [1.54, 1.807) is 31.4 Å². The Hall–Kier alpha value is -1.73. The molecule has 10 nitrogen and oxygen atoms in total. The van der Waals surface area contributed by atoms with Crippen LogP contribution in [0.3, 0.4) is 0 Å². The van der Waals surface area contributed by atoms with Crippen LogP contribution in [0.4, 0.5) is 5.95 Å². The molecule has 0 aliphatic carbocycles. The van der Waals surface area contributed by atoms with Gasteiger partial charge in [0.2, 0.25) is 11.9 Å². The van der Waals surface area contributed by atoms with Crippen molar-refractivity contribution in [2.75, 3.05) is 78.0 Å². The number of piperidine rings is 1. The van der Waals surface area contributed by atoms with Crippen molar-refractivity contribution in [2.24, 2.45) is 4.99 Å². The fourth-order valence-electron chi connectivity index (χ4n) is 3.65. The van der Waals surface area contributed by atoms with Crippen LogP contribution in [0.5, 0.6) is 0 Å². The Kier molecular flexibility index (Phi) is 12.0. The lowest BCUT2D eigenvalue weighted by molar-refractivity contribution is -0.127. The second-order valence-corrected chi connectivity index (χ2v) is 8.14. The minimum absolute atomic E-state index is 0. The van der Waals surface area contributed by atoms with Gasteiger partial charge in [0.05, 0.1) is 13.2 Å². The van der Waals surface area contributed by atoms with Gasteiger partial charge in [-0.15, -0.1) is 24.0 Å². The predicted octanol–water partition coefficient (Wildman–Crippen LogP) is 0.409. The van der Waals surface area contributed by atoms with E-state index in [-0.39, 0.29) is 36.4 Å². The predicted molar refractivity (Wildman–Crippen MR) is 137 cm³/mol. The molecule has 0 bridgehead atoms. The highest BCUT2D eigenvalue weighted by atomic mass is 127. The van der Waals surface area contributed by atoms with Crippen LogP contribution in [0.25, 0.3) is 0 Å². The number of guanidine groups is 1. The summed E-state index contributed by atoms with van der Waals surface area (Å²) in [6.45, 7) is 7.42. The van der Waals surface area contributed by atoms with E-state index in [0.717, 1.165) is 77.7 Å². The number of anilines is 1. The zero-order valence-corrected chi connectivity index (χ0v) is 21.5. The number of nitrogens with one attached hydrogen (secondary N) is 2. The molecule has 2 saturated heterocycles. The monoisotopic (exact) mass is 560 g/mol. The molecule has 3 rings (SSSR count). The van der Waals surface area contributed by atoms with E-state index < -0.39 is 0 Å². The minimum atomic E-state index is -0.00883. The number of rotatable bonds is 8. The maximum Gasteiger partial charge on any atom is 0.243 e. The molecular weight excluding hydrogens is 523 g/mol. The fraction of sp³-hybridized carbons (Fsp3) is 0.714. The van der Waals surface area contributed by atoms with Crippen molar-refractivity contribution in [3.8, 4) is 0 Å². The summed E-state index contributed by atoms with van der Waals surface area (Å²) in [6.07, 6.45) is 6.51. The van der Waals surface area contributed by atoms with E-state index in [1.165, 1.54) is 0 Å². The molecule has 1 amide bonds. The van der Waals surface area contributed by atoms with Crippen molar-refractivity contribution in [3.63, 3.8) is 0 Å². The minimum Gasteiger partial charge on any atom is -0.379 e. The number of amides is 1. The number of morpholine rings is 1. The molecule has 0 atom stereocenters. The summed E-state index contributed by atoms with van der Waals surface area (Å²) in [5.74, 6) is 1.49. The van der Waals surface area contributed by atoms with Gasteiger partial charge in [0.15, 0.2) is 5.96 Å². The van der Waals surface area contributed by atoms with Crippen molar-refractivity contribution < 1.29 is 9.53 Å². The Morgan fingerprint density at radius 2 is 1.88 bits per heavy atom. The number of halogens is 1. The number of carbonyl (C=O) groups excluding carboxylic acids is 1. The van der Waals surface area contributed by atoms with Gasteiger partial charge in [0.25, 0.3) is 0 Å². The average molecular weight is 560 g/mol. The lowest BCUT2D eigenvalue weighted by atomic mass is 10.1. The molecule has 3 heterocycles. The highest BCUT2D eigenvalue weighted by Crippen LogP contribution is 2.15. The summed E-state index contributed by atoms with van der Waals surface area (Å²) >= 11 is 0. The molecular formula is C21H37IN8O2. The van der Waals surface area contributed by atoms with E-state index in [1.807, 2.05) is 6.07 Å². The van der Waals surface area contributed by atoms with Gasteiger partial charge in [-0.1, -0.05) is 0 Å². The zero-order valence-electron chi connectivity index (χ0n) is 19.2. The molecule has 0 unspecified atom stereocenters. The zero-order chi connectivity index (χ0) is 21.9. The van der Waals surface area contributed by atoms with Crippen molar-refractivity contribution >= 4 is 41.8 Å². The second kappa shape index (κ2) is 14.4. The fourth-order valence-corrected chi connectivity index (χ4v) is 3.65. The normalized spacial score (nSPS) is 18.1. The summed E-state index contributed by atoms with van der Waals surface area (Å²) in [4.78, 5) is 31.4. The Labute approximate surface area is 208 Å². The van der Waals surface area contributed by atoms with Gasteiger partial charge in [-0.25, -0.2) is 15.0 Å². The first-order valence-electron chi connectivity index (χ1n) is 11.2. The van der Waals surface area contributed by atoms with E-state index >= 15 is 0 Å². The standard InChI is InChI=1S/C21H36N8O2.HI/c1-27(2)19(30)17-25-20(22-9-4-10-28-13-15-31-16-14-28)26-18-5-11-29(12-6-18)21-23-7-3-8-24-21;/h3,7-8,18H,4-6,9-17H2,1-2H3,(H2,22,25,26);1H. The quantitative estimate of drug-likeness (QED) is 0.204. The summed E-state index contributed by atoms with van der Waals surface area (Å²) < 4.78 is 5.40.